The van der Waals surface area contributed by atoms with E-state index >= 15 is 0 Å². The van der Waals surface area contributed by atoms with E-state index in [1.54, 1.807) is 55.0 Å². The van der Waals surface area contributed by atoms with Gasteiger partial charge in [0.2, 0.25) is 0 Å². The Morgan fingerprint density at radius 2 is 0.864 bits per heavy atom. The summed E-state index contributed by atoms with van der Waals surface area (Å²) >= 11 is 0. The third-order valence-electron chi connectivity index (χ3n) is 3.30. The van der Waals surface area contributed by atoms with E-state index in [-0.39, 0.29) is 16.7 Å². The molecule has 0 saturated carbocycles. The second-order valence-corrected chi connectivity index (χ2v) is 4.68. The first-order chi connectivity index (χ1) is 10.7. The van der Waals surface area contributed by atoms with Crippen molar-refractivity contribution >= 4 is 0 Å². The van der Waals surface area contributed by atoms with Gasteiger partial charge in [0.1, 0.15) is 0 Å². The lowest BCUT2D eigenvalue weighted by Crippen LogP contribution is -2.41. The molecule has 0 spiro atoms. The Bertz CT molecular complexity index is 841. The molecule has 6 nitrogen and oxygen atoms in total. The molecule has 0 amide bonds. The molecule has 0 aliphatic heterocycles. The third-order valence-corrected chi connectivity index (χ3v) is 3.30. The first-order valence-corrected chi connectivity index (χ1v) is 6.70. The Labute approximate surface area is 125 Å². The van der Waals surface area contributed by atoms with Crippen LogP contribution in [0.1, 0.15) is 6.29 Å². The fourth-order valence-electron chi connectivity index (χ4n) is 2.29. The molecule has 22 heavy (non-hydrogen) atoms. The molecule has 0 aliphatic carbocycles. The summed E-state index contributed by atoms with van der Waals surface area (Å²) in [6.45, 7) is 0. The molecule has 0 N–H and O–H groups in total. The second kappa shape index (κ2) is 5.69. The fraction of sp³-hybridized carbons (Fsp3) is 0.0625. The maximum atomic E-state index is 12.2. The molecule has 0 atom stereocenters. The van der Waals surface area contributed by atoms with Crippen molar-refractivity contribution in [2.24, 2.45) is 0 Å². The molecule has 3 rings (SSSR count). The van der Waals surface area contributed by atoms with E-state index in [0.29, 0.717) is 0 Å². The van der Waals surface area contributed by atoms with Gasteiger partial charge in [-0.25, -0.2) is 0 Å². The minimum absolute atomic E-state index is 0.306. The van der Waals surface area contributed by atoms with Gasteiger partial charge in [0.15, 0.2) is 6.29 Å². The molecule has 3 heterocycles. The molecule has 0 radical (unpaired) electrons. The number of rotatable bonds is 3. The minimum atomic E-state index is -0.893. The van der Waals surface area contributed by atoms with Gasteiger partial charge in [0.05, 0.1) is 0 Å². The normalized spacial score (nSPS) is 10.8. The topological polar surface area (TPSA) is 66.0 Å². The lowest BCUT2D eigenvalue weighted by atomic mass is 10.4. The van der Waals surface area contributed by atoms with Crippen molar-refractivity contribution < 1.29 is 0 Å². The minimum Gasteiger partial charge on any atom is -0.276 e. The van der Waals surface area contributed by atoms with Crippen LogP contribution >= 0.6 is 0 Å². The Balaban J connectivity index is 2.34. The Morgan fingerprint density at radius 3 is 1.14 bits per heavy atom. The van der Waals surface area contributed by atoms with E-state index in [9.17, 15) is 14.4 Å². The highest BCUT2D eigenvalue weighted by Gasteiger charge is 2.17. The SMILES string of the molecule is O=c1ccccn1C(n1ccccc1=O)n1ccccc1=O. The first kappa shape index (κ1) is 13.8. The molecule has 3 aromatic rings. The highest BCUT2D eigenvalue weighted by molar-refractivity contribution is 5.03. The zero-order chi connectivity index (χ0) is 15.5. The summed E-state index contributed by atoms with van der Waals surface area (Å²) in [5.74, 6) is 0. The number of aromatic nitrogens is 3. The number of hydrogen-bond donors (Lipinski definition) is 0. The van der Waals surface area contributed by atoms with Crippen molar-refractivity contribution in [3.05, 3.63) is 104 Å². The van der Waals surface area contributed by atoms with Crippen LogP contribution in [0.25, 0.3) is 0 Å². The zero-order valence-corrected chi connectivity index (χ0v) is 11.6. The van der Waals surface area contributed by atoms with Crippen molar-refractivity contribution in [2.75, 3.05) is 0 Å². The molecule has 0 saturated heterocycles. The van der Waals surface area contributed by atoms with Crippen LogP contribution in [0.3, 0.4) is 0 Å². The molecule has 6 heteroatoms. The third kappa shape index (κ3) is 2.42. The molecule has 3 aromatic heterocycles. The number of pyridine rings is 3. The van der Waals surface area contributed by atoms with Crippen molar-refractivity contribution in [1.29, 1.82) is 0 Å². The van der Waals surface area contributed by atoms with Crippen LogP contribution in [0.5, 0.6) is 0 Å². The van der Waals surface area contributed by atoms with Crippen molar-refractivity contribution in [2.45, 2.75) is 6.29 Å². The van der Waals surface area contributed by atoms with Gasteiger partial charge in [-0.1, -0.05) is 18.2 Å². The van der Waals surface area contributed by atoms with E-state index < -0.39 is 6.29 Å². The molecule has 0 aromatic carbocycles. The predicted molar refractivity (Wildman–Crippen MR) is 81.9 cm³/mol. The summed E-state index contributed by atoms with van der Waals surface area (Å²) in [6, 6.07) is 14.0. The summed E-state index contributed by atoms with van der Waals surface area (Å²) in [7, 11) is 0. The molecular formula is C16H13N3O3. The van der Waals surface area contributed by atoms with E-state index in [0.717, 1.165) is 0 Å². The van der Waals surface area contributed by atoms with E-state index in [1.807, 2.05) is 0 Å². The van der Waals surface area contributed by atoms with E-state index in [2.05, 4.69) is 0 Å². The van der Waals surface area contributed by atoms with Gasteiger partial charge in [-0.15, -0.1) is 0 Å². The van der Waals surface area contributed by atoms with Gasteiger partial charge in [-0.2, -0.15) is 0 Å². The van der Waals surface area contributed by atoms with Crippen LogP contribution in [-0.4, -0.2) is 13.7 Å². The van der Waals surface area contributed by atoms with Gasteiger partial charge in [0, 0.05) is 36.8 Å². The lowest BCUT2D eigenvalue weighted by Gasteiger charge is -2.24. The van der Waals surface area contributed by atoms with Gasteiger partial charge in [0.25, 0.3) is 16.7 Å². The summed E-state index contributed by atoms with van der Waals surface area (Å²) in [6.07, 6.45) is 3.75. The maximum Gasteiger partial charge on any atom is 0.253 e. The Hall–Kier alpha value is -3.15. The number of nitrogens with zero attached hydrogens (tertiary/aromatic N) is 3. The van der Waals surface area contributed by atoms with E-state index in [4.69, 9.17) is 0 Å². The Morgan fingerprint density at radius 1 is 0.545 bits per heavy atom. The lowest BCUT2D eigenvalue weighted by molar-refractivity contribution is 0.341. The quantitative estimate of drug-likeness (QED) is 0.715. The van der Waals surface area contributed by atoms with Gasteiger partial charge in [-0.05, 0) is 18.2 Å². The number of hydrogen-bond acceptors (Lipinski definition) is 3. The van der Waals surface area contributed by atoms with Crippen LogP contribution in [-0.2, 0) is 0 Å². The summed E-state index contributed by atoms with van der Waals surface area (Å²) in [5, 5.41) is 0. The molecule has 0 fully saturated rings. The van der Waals surface area contributed by atoms with Crippen molar-refractivity contribution in [3.8, 4) is 0 Å². The van der Waals surface area contributed by atoms with Gasteiger partial charge in [-0.3, -0.25) is 28.1 Å². The van der Waals surface area contributed by atoms with E-state index in [1.165, 1.54) is 31.9 Å². The first-order valence-electron chi connectivity index (χ1n) is 6.70. The molecule has 110 valence electrons. The van der Waals surface area contributed by atoms with Crippen LogP contribution < -0.4 is 16.7 Å². The Kier molecular flexibility index (Phi) is 3.57. The summed E-state index contributed by atoms with van der Waals surface area (Å²) in [5.41, 5.74) is -0.919. The highest BCUT2D eigenvalue weighted by Crippen LogP contribution is 2.06. The second-order valence-electron chi connectivity index (χ2n) is 4.68. The highest BCUT2D eigenvalue weighted by atomic mass is 16.1. The zero-order valence-electron chi connectivity index (χ0n) is 11.6. The molecule has 0 bridgehead atoms. The van der Waals surface area contributed by atoms with Crippen molar-refractivity contribution in [1.82, 2.24) is 13.7 Å². The van der Waals surface area contributed by atoms with Gasteiger partial charge < -0.3 is 0 Å². The summed E-state index contributed by atoms with van der Waals surface area (Å²) < 4.78 is 4.01. The molecule has 0 unspecified atom stereocenters. The predicted octanol–water partition coefficient (Wildman–Crippen LogP) is 0.724. The average Bonchev–Trinajstić information content (AvgIpc) is 2.53. The summed E-state index contributed by atoms with van der Waals surface area (Å²) in [4.78, 5) is 36.5. The monoisotopic (exact) mass is 295 g/mol. The van der Waals surface area contributed by atoms with Gasteiger partial charge >= 0.3 is 0 Å². The van der Waals surface area contributed by atoms with Crippen LogP contribution in [0.2, 0.25) is 0 Å². The molecular weight excluding hydrogens is 282 g/mol. The average molecular weight is 295 g/mol. The largest absolute Gasteiger partial charge is 0.276 e. The standard InChI is InChI=1S/C16H13N3O3/c20-13-7-1-4-10-17(13)16(18-11-5-2-8-14(18)21)19-12-6-3-9-15(19)22/h1-12,16H. The smallest absolute Gasteiger partial charge is 0.253 e. The van der Waals surface area contributed by atoms with Crippen LogP contribution in [0, 0.1) is 0 Å². The van der Waals surface area contributed by atoms with Crippen LogP contribution in [0.4, 0.5) is 0 Å². The fourth-order valence-corrected chi connectivity index (χ4v) is 2.29. The maximum absolute atomic E-state index is 12.2. The van der Waals surface area contributed by atoms with Crippen molar-refractivity contribution in [3.63, 3.8) is 0 Å². The van der Waals surface area contributed by atoms with Crippen LogP contribution in [0.15, 0.2) is 87.6 Å². The molecule has 0 aliphatic rings.